The van der Waals surface area contributed by atoms with Crippen LogP contribution in [0.3, 0.4) is 0 Å². The van der Waals surface area contributed by atoms with Gasteiger partial charge in [0.1, 0.15) is 11.5 Å². The normalized spacial score (nSPS) is 10.8. The molecule has 148 valence electrons. The fraction of sp³-hybridized carbons (Fsp3) is 0.190. The molecule has 0 saturated heterocycles. The van der Waals surface area contributed by atoms with Crippen molar-refractivity contribution >= 4 is 22.2 Å². The van der Waals surface area contributed by atoms with Crippen molar-refractivity contribution in [3.8, 4) is 22.9 Å². The van der Waals surface area contributed by atoms with Crippen LogP contribution in [0.5, 0.6) is 11.5 Å². The first-order valence-corrected chi connectivity index (χ1v) is 9.95. The zero-order chi connectivity index (χ0) is 20.2. The lowest BCUT2D eigenvalue weighted by Crippen LogP contribution is -2.25. The summed E-state index contributed by atoms with van der Waals surface area (Å²) < 4.78 is 12.1. The first-order chi connectivity index (χ1) is 14.2. The zero-order valence-electron chi connectivity index (χ0n) is 16.1. The Morgan fingerprint density at radius 1 is 1.03 bits per heavy atom. The minimum Gasteiger partial charge on any atom is -0.497 e. The number of fused-ring (bicyclic) bond motifs is 1. The molecule has 1 amide bonds. The molecular weight excluding hydrogens is 388 g/mol. The number of thiazole rings is 1. The van der Waals surface area contributed by atoms with Crippen LogP contribution in [0.15, 0.2) is 53.9 Å². The summed E-state index contributed by atoms with van der Waals surface area (Å²) in [5.74, 6) is 2.07. The standard InChI is InChI=1S/C21H20N4O3S/c1-27-17-7-3-14(4-8-17)19-23-21-25(24-19)16(13-29-21)11-12-22-20(26)15-5-9-18(28-2)10-6-15/h3-10,13H,11-12H2,1-2H3,(H,22,26). The third-order valence-electron chi connectivity index (χ3n) is 4.52. The van der Waals surface area contributed by atoms with Gasteiger partial charge in [-0.1, -0.05) is 0 Å². The number of ether oxygens (including phenoxy) is 2. The Bertz CT molecular complexity index is 1120. The van der Waals surface area contributed by atoms with Crippen LogP contribution in [-0.4, -0.2) is 41.3 Å². The molecule has 8 heteroatoms. The summed E-state index contributed by atoms with van der Waals surface area (Å²) in [7, 11) is 3.24. The van der Waals surface area contributed by atoms with Crippen molar-refractivity contribution in [3.05, 3.63) is 65.2 Å². The predicted molar refractivity (Wildman–Crippen MR) is 112 cm³/mol. The van der Waals surface area contributed by atoms with E-state index in [1.807, 2.05) is 34.2 Å². The van der Waals surface area contributed by atoms with Gasteiger partial charge in [0.15, 0.2) is 5.82 Å². The molecule has 29 heavy (non-hydrogen) atoms. The number of aromatic nitrogens is 3. The number of nitrogens with one attached hydrogen (secondary N) is 1. The van der Waals surface area contributed by atoms with E-state index in [4.69, 9.17) is 9.47 Å². The molecule has 7 nitrogen and oxygen atoms in total. The largest absolute Gasteiger partial charge is 0.497 e. The van der Waals surface area contributed by atoms with E-state index < -0.39 is 0 Å². The lowest BCUT2D eigenvalue weighted by molar-refractivity contribution is 0.0954. The van der Waals surface area contributed by atoms with Crippen molar-refractivity contribution in [2.75, 3.05) is 20.8 Å². The second-order valence-corrected chi connectivity index (χ2v) is 7.16. The minimum absolute atomic E-state index is 0.114. The van der Waals surface area contributed by atoms with Crippen LogP contribution < -0.4 is 14.8 Å². The average molecular weight is 408 g/mol. The number of carbonyl (C=O) groups excluding carboxylic acids is 1. The molecule has 0 unspecified atom stereocenters. The van der Waals surface area contributed by atoms with E-state index in [0.29, 0.717) is 24.4 Å². The van der Waals surface area contributed by atoms with E-state index in [1.165, 1.54) is 11.3 Å². The van der Waals surface area contributed by atoms with Crippen molar-refractivity contribution < 1.29 is 14.3 Å². The molecule has 0 atom stereocenters. The van der Waals surface area contributed by atoms with Gasteiger partial charge in [-0.3, -0.25) is 4.79 Å². The second kappa shape index (κ2) is 8.32. The van der Waals surface area contributed by atoms with Crippen LogP contribution in [0, 0.1) is 0 Å². The molecule has 0 aliphatic heterocycles. The highest BCUT2D eigenvalue weighted by Gasteiger charge is 2.12. The van der Waals surface area contributed by atoms with Crippen LogP contribution in [-0.2, 0) is 6.42 Å². The highest BCUT2D eigenvalue weighted by Crippen LogP contribution is 2.23. The Kier molecular flexibility index (Phi) is 5.44. The highest BCUT2D eigenvalue weighted by atomic mass is 32.1. The van der Waals surface area contributed by atoms with Crippen LogP contribution in [0.4, 0.5) is 0 Å². The maximum absolute atomic E-state index is 12.3. The van der Waals surface area contributed by atoms with Crippen molar-refractivity contribution in [1.82, 2.24) is 19.9 Å². The topological polar surface area (TPSA) is 77.8 Å². The third-order valence-corrected chi connectivity index (χ3v) is 5.38. The van der Waals surface area contributed by atoms with Gasteiger partial charge in [0, 0.05) is 29.5 Å². The molecule has 0 fully saturated rings. The number of benzene rings is 2. The molecule has 0 spiro atoms. The molecule has 1 N–H and O–H groups in total. The fourth-order valence-corrected chi connectivity index (χ4v) is 3.76. The molecular formula is C21H20N4O3S. The average Bonchev–Trinajstić information content (AvgIpc) is 3.35. The predicted octanol–water partition coefficient (Wildman–Crippen LogP) is 3.45. The van der Waals surface area contributed by atoms with Gasteiger partial charge >= 0.3 is 0 Å². The minimum atomic E-state index is -0.114. The highest BCUT2D eigenvalue weighted by molar-refractivity contribution is 7.15. The Hall–Kier alpha value is -3.39. The number of hydrogen-bond acceptors (Lipinski definition) is 6. The van der Waals surface area contributed by atoms with Crippen LogP contribution in [0.25, 0.3) is 16.3 Å². The summed E-state index contributed by atoms with van der Waals surface area (Å²) in [6, 6.07) is 14.7. The zero-order valence-corrected chi connectivity index (χ0v) is 16.9. The SMILES string of the molecule is COc1ccc(C(=O)NCCc2csc3nc(-c4ccc(OC)cc4)nn23)cc1. The molecule has 2 aromatic carbocycles. The molecule has 2 heterocycles. The summed E-state index contributed by atoms with van der Waals surface area (Å²) >= 11 is 1.53. The van der Waals surface area contributed by atoms with Gasteiger partial charge in [-0.05, 0) is 48.5 Å². The number of hydrogen-bond donors (Lipinski definition) is 1. The first kappa shape index (κ1) is 18.9. The van der Waals surface area contributed by atoms with Gasteiger partial charge in [0.05, 0.1) is 19.9 Å². The monoisotopic (exact) mass is 408 g/mol. The first-order valence-electron chi connectivity index (χ1n) is 9.08. The second-order valence-electron chi connectivity index (χ2n) is 6.32. The summed E-state index contributed by atoms with van der Waals surface area (Å²) in [6.45, 7) is 0.508. The lowest BCUT2D eigenvalue weighted by atomic mass is 10.2. The summed E-state index contributed by atoms with van der Waals surface area (Å²) in [5.41, 5.74) is 2.54. The van der Waals surface area contributed by atoms with Gasteiger partial charge in [-0.2, -0.15) is 4.98 Å². The van der Waals surface area contributed by atoms with Crippen LogP contribution in [0.1, 0.15) is 16.1 Å². The van der Waals surface area contributed by atoms with Crippen molar-refractivity contribution in [2.24, 2.45) is 0 Å². The molecule has 0 bridgehead atoms. The number of amides is 1. The molecule has 0 saturated carbocycles. The molecule has 0 aliphatic carbocycles. The van der Waals surface area contributed by atoms with Gasteiger partial charge in [-0.15, -0.1) is 16.4 Å². The van der Waals surface area contributed by atoms with Crippen LogP contribution >= 0.6 is 11.3 Å². The Balaban J connectivity index is 1.41. The van der Waals surface area contributed by atoms with Gasteiger partial charge < -0.3 is 14.8 Å². The molecule has 0 aliphatic rings. The Labute approximate surface area is 171 Å². The summed E-state index contributed by atoms with van der Waals surface area (Å²) in [5, 5.41) is 9.58. The van der Waals surface area contributed by atoms with E-state index in [-0.39, 0.29) is 5.91 Å². The molecule has 4 rings (SSSR count). The van der Waals surface area contributed by atoms with Crippen molar-refractivity contribution in [3.63, 3.8) is 0 Å². The maximum atomic E-state index is 12.3. The summed E-state index contributed by atoms with van der Waals surface area (Å²) in [4.78, 5) is 17.7. The Morgan fingerprint density at radius 3 is 2.34 bits per heavy atom. The maximum Gasteiger partial charge on any atom is 0.251 e. The smallest absolute Gasteiger partial charge is 0.251 e. The van der Waals surface area contributed by atoms with Gasteiger partial charge in [-0.25, -0.2) is 4.52 Å². The van der Waals surface area contributed by atoms with Crippen molar-refractivity contribution in [1.29, 1.82) is 0 Å². The third kappa shape index (κ3) is 4.07. The fourth-order valence-electron chi connectivity index (χ4n) is 2.91. The van der Waals surface area contributed by atoms with E-state index in [2.05, 4.69) is 15.4 Å². The quantitative estimate of drug-likeness (QED) is 0.507. The van der Waals surface area contributed by atoms with Crippen LogP contribution in [0.2, 0.25) is 0 Å². The number of nitrogens with zero attached hydrogens (tertiary/aromatic N) is 3. The molecule has 0 radical (unpaired) electrons. The van der Waals surface area contributed by atoms with Gasteiger partial charge in [0.25, 0.3) is 5.91 Å². The number of rotatable bonds is 7. The van der Waals surface area contributed by atoms with E-state index in [0.717, 1.165) is 27.7 Å². The molecule has 2 aromatic heterocycles. The molecule has 4 aromatic rings. The number of methoxy groups -OCH3 is 2. The van der Waals surface area contributed by atoms with Gasteiger partial charge in [0.2, 0.25) is 4.96 Å². The van der Waals surface area contributed by atoms with E-state index in [1.54, 1.807) is 38.5 Å². The van der Waals surface area contributed by atoms with Crippen molar-refractivity contribution in [2.45, 2.75) is 6.42 Å². The Morgan fingerprint density at radius 2 is 1.69 bits per heavy atom. The summed E-state index contributed by atoms with van der Waals surface area (Å²) in [6.07, 6.45) is 0.660. The van der Waals surface area contributed by atoms with E-state index in [9.17, 15) is 4.79 Å². The van der Waals surface area contributed by atoms with E-state index >= 15 is 0 Å². The number of carbonyl (C=O) groups is 1. The lowest BCUT2D eigenvalue weighted by Gasteiger charge is -2.05.